The Hall–Kier alpha value is -0.930. The Morgan fingerprint density at radius 2 is 2.31 bits per heavy atom. The number of methoxy groups -OCH3 is 1. The molecule has 16 heavy (non-hydrogen) atoms. The lowest BCUT2D eigenvalue weighted by Gasteiger charge is -2.18. The van der Waals surface area contributed by atoms with Crippen LogP contribution in [0.3, 0.4) is 0 Å². The van der Waals surface area contributed by atoms with E-state index in [1.165, 1.54) is 0 Å². The van der Waals surface area contributed by atoms with Gasteiger partial charge in [-0.2, -0.15) is 0 Å². The third-order valence-corrected chi connectivity index (χ3v) is 3.55. The summed E-state index contributed by atoms with van der Waals surface area (Å²) in [6.07, 6.45) is 2.11. The van der Waals surface area contributed by atoms with Crippen LogP contribution in [0.15, 0.2) is 6.07 Å². The van der Waals surface area contributed by atoms with Crippen molar-refractivity contribution >= 4 is 11.6 Å². The van der Waals surface area contributed by atoms with Gasteiger partial charge in [0, 0.05) is 11.6 Å². The number of aromatic hydroxyl groups is 1. The molecule has 1 aliphatic rings. The molecule has 0 radical (unpaired) electrons. The second kappa shape index (κ2) is 4.52. The molecule has 1 heterocycles. The van der Waals surface area contributed by atoms with Gasteiger partial charge in [-0.25, -0.2) is 0 Å². The van der Waals surface area contributed by atoms with Crippen LogP contribution in [0.4, 0.5) is 0 Å². The van der Waals surface area contributed by atoms with Crippen LogP contribution in [0.5, 0.6) is 11.5 Å². The molecule has 1 saturated heterocycles. The van der Waals surface area contributed by atoms with E-state index in [2.05, 4.69) is 5.32 Å². The molecule has 1 unspecified atom stereocenters. The Labute approximate surface area is 100 Å². The van der Waals surface area contributed by atoms with Crippen LogP contribution < -0.4 is 10.1 Å². The lowest BCUT2D eigenvalue weighted by Crippen LogP contribution is -2.14. The minimum Gasteiger partial charge on any atom is -0.504 e. The zero-order chi connectivity index (χ0) is 11.7. The first-order valence-electron chi connectivity index (χ1n) is 5.44. The minimum absolute atomic E-state index is 0.140. The Morgan fingerprint density at radius 3 is 2.88 bits per heavy atom. The lowest BCUT2D eigenvalue weighted by molar-refractivity contribution is 0.367. The van der Waals surface area contributed by atoms with Crippen LogP contribution in [-0.2, 0) is 0 Å². The van der Waals surface area contributed by atoms with Crippen LogP contribution in [0.2, 0.25) is 5.02 Å². The first-order valence-corrected chi connectivity index (χ1v) is 5.82. The van der Waals surface area contributed by atoms with Gasteiger partial charge in [0.1, 0.15) is 0 Å². The topological polar surface area (TPSA) is 41.5 Å². The summed E-state index contributed by atoms with van der Waals surface area (Å²) in [5.41, 5.74) is 1.70. The summed E-state index contributed by atoms with van der Waals surface area (Å²) in [4.78, 5) is 0. The van der Waals surface area contributed by atoms with E-state index in [-0.39, 0.29) is 11.8 Å². The molecule has 1 aliphatic heterocycles. The van der Waals surface area contributed by atoms with Crippen molar-refractivity contribution in [3.05, 3.63) is 22.2 Å². The summed E-state index contributed by atoms with van der Waals surface area (Å²) < 4.78 is 5.14. The smallest absolute Gasteiger partial charge is 0.164 e. The van der Waals surface area contributed by atoms with Crippen molar-refractivity contribution in [2.75, 3.05) is 13.7 Å². The Balaban J connectivity index is 2.52. The van der Waals surface area contributed by atoms with E-state index in [1.807, 2.05) is 6.92 Å². The number of hydrogen-bond donors (Lipinski definition) is 2. The van der Waals surface area contributed by atoms with Gasteiger partial charge in [0.05, 0.1) is 12.1 Å². The van der Waals surface area contributed by atoms with E-state index >= 15 is 0 Å². The van der Waals surface area contributed by atoms with Crippen molar-refractivity contribution in [3.8, 4) is 11.5 Å². The van der Waals surface area contributed by atoms with E-state index in [9.17, 15) is 5.11 Å². The first-order chi connectivity index (χ1) is 7.65. The summed E-state index contributed by atoms with van der Waals surface area (Å²) in [6.45, 7) is 2.89. The molecule has 1 atom stereocenters. The number of ether oxygens (including phenoxy) is 1. The van der Waals surface area contributed by atoms with Gasteiger partial charge >= 0.3 is 0 Å². The van der Waals surface area contributed by atoms with Gasteiger partial charge in [-0.1, -0.05) is 11.6 Å². The number of nitrogens with one attached hydrogen (secondary N) is 1. The van der Waals surface area contributed by atoms with Crippen LogP contribution >= 0.6 is 11.6 Å². The fourth-order valence-corrected chi connectivity index (χ4v) is 2.46. The summed E-state index contributed by atoms with van der Waals surface area (Å²) in [5.74, 6) is 0.656. The second-order valence-electron chi connectivity index (χ2n) is 4.12. The zero-order valence-corrected chi connectivity index (χ0v) is 10.3. The fourth-order valence-electron chi connectivity index (χ4n) is 2.18. The molecule has 1 fully saturated rings. The molecule has 1 aromatic carbocycles. The average molecular weight is 242 g/mol. The van der Waals surface area contributed by atoms with Gasteiger partial charge in [-0.05, 0) is 37.9 Å². The van der Waals surface area contributed by atoms with Gasteiger partial charge in [0.25, 0.3) is 0 Å². The van der Waals surface area contributed by atoms with Crippen molar-refractivity contribution in [1.82, 2.24) is 5.32 Å². The Kier molecular flexibility index (Phi) is 3.26. The van der Waals surface area contributed by atoms with E-state index in [1.54, 1.807) is 13.2 Å². The van der Waals surface area contributed by atoms with Crippen LogP contribution in [-0.4, -0.2) is 18.8 Å². The number of phenolic OH excluding ortho intramolecular Hbond substituents is 1. The highest BCUT2D eigenvalue weighted by Crippen LogP contribution is 2.43. The van der Waals surface area contributed by atoms with Crippen molar-refractivity contribution in [2.45, 2.75) is 25.8 Å². The highest BCUT2D eigenvalue weighted by atomic mass is 35.5. The van der Waals surface area contributed by atoms with Crippen molar-refractivity contribution in [1.29, 1.82) is 0 Å². The maximum Gasteiger partial charge on any atom is 0.164 e. The Bertz CT molecular complexity index is 400. The number of phenols is 1. The first kappa shape index (κ1) is 11.6. The fraction of sp³-hybridized carbons (Fsp3) is 0.500. The summed E-state index contributed by atoms with van der Waals surface area (Å²) in [6, 6.07) is 1.90. The molecule has 3 nitrogen and oxygen atoms in total. The predicted octanol–water partition coefficient (Wildman–Crippen LogP) is 2.79. The predicted molar refractivity (Wildman–Crippen MR) is 64.4 cm³/mol. The summed E-state index contributed by atoms with van der Waals surface area (Å²) in [5, 5.41) is 14.1. The molecule has 1 aromatic rings. The molecule has 0 aromatic heterocycles. The van der Waals surface area contributed by atoms with Gasteiger partial charge in [-0.3, -0.25) is 0 Å². The largest absolute Gasteiger partial charge is 0.504 e. The van der Waals surface area contributed by atoms with E-state index in [0.717, 1.165) is 30.5 Å². The molecule has 0 amide bonds. The zero-order valence-electron chi connectivity index (χ0n) is 9.51. The van der Waals surface area contributed by atoms with Gasteiger partial charge in [0.15, 0.2) is 11.5 Å². The van der Waals surface area contributed by atoms with Crippen molar-refractivity contribution in [2.24, 2.45) is 0 Å². The number of aryl methyl sites for hydroxylation is 1. The molecule has 0 saturated carbocycles. The maximum absolute atomic E-state index is 10.1. The molecule has 2 rings (SSSR count). The normalized spacial score (nSPS) is 20.1. The van der Waals surface area contributed by atoms with Crippen LogP contribution in [0, 0.1) is 6.92 Å². The molecule has 0 bridgehead atoms. The van der Waals surface area contributed by atoms with E-state index < -0.39 is 0 Å². The van der Waals surface area contributed by atoms with Crippen LogP contribution in [0.1, 0.15) is 30.0 Å². The minimum atomic E-state index is 0.140. The van der Waals surface area contributed by atoms with Gasteiger partial charge in [0.2, 0.25) is 0 Å². The molecule has 4 heteroatoms. The molecule has 0 aliphatic carbocycles. The molecular weight excluding hydrogens is 226 g/mol. The van der Waals surface area contributed by atoms with E-state index in [4.69, 9.17) is 16.3 Å². The van der Waals surface area contributed by atoms with E-state index in [0.29, 0.717) is 10.8 Å². The van der Waals surface area contributed by atoms with Crippen LogP contribution in [0.25, 0.3) is 0 Å². The number of halogens is 1. The SMILES string of the molecule is COc1cc(C)c(Cl)c(C2CCCN2)c1O. The standard InChI is InChI=1S/C12H16ClNO2/c1-7-6-9(16-2)12(15)10(11(7)13)8-4-3-5-14-8/h6,8,14-15H,3-5H2,1-2H3. The number of rotatable bonds is 2. The highest BCUT2D eigenvalue weighted by Gasteiger charge is 2.25. The second-order valence-corrected chi connectivity index (χ2v) is 4.50. The Morgan fingerprint density at radius 1 is 1.56 bits per heavy atom. The van der Waals surface area contributed by atoms with Gasteiger partial charge < -0.3 is 15.2 Å². The van der Waals surface area contributed by atoms with Crippen molar-refractivity contribution in [3.63, 3.8) is 0 Å². The van der Waals surface area contributed by atoms with Crippen molar-refractivity contribution < 1.29 is 9.84 Å². The summed E-state index contributed by atoms with van der Waals surface area (Å²) in [7, 11) is 1.55. The molecule has 2 N–H and O–H groups in total. The third kappa shape index (κ3) is 1.85. The maximum atomic E-state index is 10.1. The molecular formula is C12H16ClNO2. The quantitative estimate of drug-likeness (QED) is 0.837. The average Bonchev–Trinajstić information content (AvgIpc) is 2.77. The third-order valence-electron chi connectivity index (χ3n) is 3.05. The monoisotopic (exact) mass is 241 g/mol. The van der Waals surface area contributed by atoms with Gasteiger partial charge in [-0.15, -0.1) is 0 Å². The highest BCUT2D eigenvalue weighted by molar-refractivity contribution is 6.32. The number of benzene rings is 1. The molecule has 88 valence electrons. The summed E-state index contributed by atoms with van der Waals surface area (Å²) >= 11 is 6.25. The lowest BCUT2D eigenvalue weighted by atomic mass is 10.0. The molecule has 0 spiro atoms. The number of hydrogen-bond acceptors (Lipinski definition) is 3.